The molecule has 0 atom stereocenters. The van der Waals surface area contributed by atoms with Crippen molar-refractivity contribution >= 4 is 33.5 Å². The maximum atomic E-state index is 10.9. The topological polar surface area (TPSA) is 42.2 Å². The Bertz CT molecular complexity index is 854. The Balaban J connectivity index is 2.09. The van der Waals surface area contributed by atoms with Gasteiger partial charge in [0.05, 0.1) is 12.1 Å². The lowest BCUT2D eigenvalue weighted by Gasteiger charge is -2.14. The second kappa shape index (κ2) is 7.24. The van der Waals surface area contributed by atoms with E-state index in [0.29, 0.717) is 11.4 Å². The Morgan fingerprint density at radius 2 is 1.67 bits per heavy atom. The van der Waals surface area contributed by atoms with Crippen molar-refractivity contribution in [3.8, 4) is 16.9 Å². The van der Waals surface area contributed by atoms with E-state index in [1.54, 1.807) is 0 Å². The number of carboxylic acid groups (broad SMARTS) is 1. The maximum absolute atomic E-state index is 10.9. The van der Waals surface area contributed by atoms with Gasteiger partial charge in [0.1, 0.15) is 0 Å². The molecular weight excluding hydrogens is 390 g/mol. The molecule has 0 amide bonds. The van der Waals surface area contributed by atoms with Gasteiger partial charge < -0.3 is 9.67 Å². The van der Waals surface area contributed by atoms with E-state index < -0.39 is 5.97 Å². The van der Waals surface area contributed by atoms with Crippen molar-refractivity contribution in [2.75, 3.05) is 0 Å². The van der Waals surface area contributed by atoms with Crippen LogP contribution in [-0.2, 0) is 11.2 Å². The van der Waals surface area contributed by atoms with Crippen molar-refractivity contribution < 1.29 is 9.90 Å². The molecule has 0 aliphatic heterocycles. The first kappa shape index (κ1) is 16.8. The van der Waals surface area contributed by atoms with Gasteiger partial charge >= 0.3 is 5.97 Å². The van der Waals surface area contributed by atoms with E-state index in [9.17, 15) is 4.79 Å². The summed E-state index contributed by atoms with van der Waals surface area (Å²) in [5.41, 5.74) is 4.00. The molecule has 0 spiro atoms. The van der Waals surface area contributed by atoms with Crippen LogP contribution in [0.25, 0.3) is 16.9 Å². The summed E-state index contributed by atoms with van der Waals surface area (Å²) in [6, 6.07) is 19.6. The summed E-state index contributed by atoms with van der Waals surface area (Å²) >= 11 is 9.43. The highest BCUT2D eigenvalue weighted by Crippen LogP contribution is 2.29. The van der Waals surface area contributed by atoms with Crippen molar-refractivity contribution in [2.24, 2.45) is 0 Å². The molecule has 1 aromatic heterocycles. The summed E-state index contributed by atoms with van der Waals surface area (Å²) in [4.78, 5) is 10.9. The van der Waals surface area contributed by atoms with Crippen molar-refractivity contribution in [1.82, 2.24) is 4.57 Å². The molecule has 0 aliphatic rings. The van der Waals surface area contributed by atoms with Crippen LogP contribution in [0.4, 0.5) is 0 Å². The molecule has 0 saturated heterocycles. The van der Waals surface area contributed by atoms with Crippen LogP contribution < -0.4 is 0 Å². The molecule has 3 nitrogen and oxygen atoms in total. The summed E-state index contributed by atoms with van der Waals surface area (Å²) in [5.74, 6) is -0.799. The Morgan fingerprint density at radius 1 is 1.00 bits per heavy atom. The zero-order valence-corrected chi connectivity index (χ0v) is 15.1. The minimum atomic E-state index is -0.799. The number of benzene rings is 2. The molecule has 3 rings (SSSR count). The number of hydrogen-bond acceptors (Lipinski definition) is 1. The van der Waals surface area contributed by atoms with Gasteiger partial charge in [-0.25, -0.2) is 0 Å². The maximum Gasteiger partial charge on any atom is 0.303 e. The fraction of sp³-hybridized carbons (Fsp3) is 0.105. The van der Waals surface area contributed by atoms with E-state index in [1.807, 2.05) is 60.7 Å². The number of halogens is 2. The average Bonchev–Trinajstić information content (AvgIpc) is 2.98. The Morgan fingerprint density at radius 3 is 2.29 bits per heavy atom. The molecule has 0 aliphatic carbocycles. The average molecular weight is 405 g/mol. The van der Waals surface area contributed by atoms with Gasteiger partial charge in [0.25, 0.3) is 0 Å². The molecule has 1 heterocycles. The molecule has 0 unspecified atom stereocenters. The molecular formula is C19H15BrClNO2. The summed E-state index contributed by atoms with van der Waals surface area (Å²) in [7, 11) is 0. The lowest BCUT2D eigenvalue weighted by molar-refractivity contribution is -0.136. The predicted octanol–water partition coefficient (Wildman–Crippen LogP) is 5.58. The molecule has 0 fully saturated rings. The summed E-state index contributed by atoms with van der Waals surface area (Å²) in [6.45, 7) is 0. The number of rotatable bonds is 5. The molecule has 24 heavy (non-hydrogen) atoms. The third-order valence-corrected chi connectivity index (χ3v) is 4.56. The fourth-order valence-corrected chi connectivity index (χ4v) is 3.04. The number of hydrogen-bond donors (Lipinski definition) is 1. The highest BCUT2D eigenvalue weighted by atomic mass is 79.9. The largest absolute Gasteiger partial charge is 0.481 e. The number of nitrogens with zero attached hydrogens (tertiary/aromatic N) is 1. The van der Waals surface area contributed by atoms with Crippen LogP contribution in [0.3, 0.4) is 0 Å². The van der Waals surface area contributed by atoms with Crippen LogP contribution in [0.1, 0.15) is 12.1 Å². The summed E-state index contributed by atoms with van der Waals surface area (Å²) in [6.07, 6.45) is 0.569. The highest BCUT2D eigenvalue weighted by Gasteiger charge is 2.13. The molecule has 2 aromatic carbocycles. The van der Waals surface area contributed by atoms with E-state index in [2.05, 4.69) is 20.5 Å². The molecule has 1 N–H and O–H groups in total. The van der Waals surface area contributed by atoms with Crippen LogP contribution in [-0.4, -0.2) is 15.6 Å². The third-order valence-electron chi connectivity index (χ3n) is 3.78. The summed E-state index contributed by atoms with van der Waals surface area (Å²) in [5, 5.41) is 9.68. The van der Waals surface area contributed by atoms with Crippen LogP contribution in [0.2, 0.25) is 5.02 Å². The smallest absolute Gasteiger partial charge is 0.303 e. The van der Waals surface area contributed by atoms with Gasteiger partial charge in [0.15, 0.2) is 0 Å². The van der Waals surface area contributed by atoms with E-state index >= 15 is 0 Å². The third kappa shape index (κ3) is 3.71. The molecule has 5 heteroatoms. The van der Waals surface area contributed by atoms with Gasteiger partial charge in [-0.05, 0) is 60.5 Å². The number of carbonyl (C=O) groups is 1. The predicted molar refractivity (Wildman–Crippen MR) is 99.9 cm³/mol. The van der Waals surface area contributed by atoms with Gasteiger partial charge in [0, 0.05) is 20.9 Å². The van der Waals surface area contributed by atoms with Gasteiger partial charge in [0.2, 0.25) is 0 Å². The van der Waals surface area contributed by atoms with Crippen molar-refractivity contribution in [3.63, 3.8) is 0 Å². The lowest BCUT2D eigenvalue weighted by Crippen LogP contribution is -2.05. The second-order valence-electron chi connectivity index (χ2n) is 5.42. The Kier molecular flexibility index (Phi) is 5.07. The van der Waals surface area contributed by atoms with Gasteiger partial charge in [-0.15, -0.1) is 0 Å². The van der Waals surface area contributed by atoms with Crippen molar-refractivity contribution in [1.29, 1.82) is 0 Å². The minimum absolute atomic E-state index is 0.0978. The Hall–Kier alpha value is -2.04. The van der Waals surface area contributed by atoms with Crippen LogP contribution in [0.5, 0.6) is 0 Å². The van der Waals surface area contributed by atoms with Crippen molar-refractivity contribution in [2.45, 2.75) is 12.8 Å². The first-order valence-corrected chi connectivity index (χ1v) is 8.66. The van der Waals surface area contributed by atoms with E-state index in [4.69, 9.17) is 16.7 Å². The van der Waals surface area contributed by atoms with Gasteiger partial charge in [-0.3, -0.25) is 4.79 Å². The lowest BCUT2D eigenvalue weighted by atomic mass is 10.1. The monoisotopic (exact) mass is 403 g/mol. The normalized spacial score (nSPS) is 10.8. The van der Waals surface area contributed by atoms with Crippen LogP contribution >= 0.6 is 27.5 Å². The molecule has 122 valence electrons. The SMILES string of the molecule is O=C(O)CCc1ccc(-c2ccc(Cl)cc2)n1-c1ccc(Br)cc1. The molecule has 0 saturated carbocycles. The number of aromatic nitrogens is 1. The van der Waals surface area contributed by atoms with Crippen LogP contribution in [0.15, 0.2) is 65.1 Å². The minimum Gasteiger partial charge on any atom is -0.481 e. The molecule has 0 bridgehead atoms. The number of aliphatic carboxylic acids is 1. The zero-order valence-electron chi connectivity index (χ0n) is 12.7. The first-order chi connectivity index (χ1) is 11.5. The van der Waals surface area contributed by atoms with E-state index in [-0.39, 0.29) is 6.42 Å². The molecule has 3 aromatic rings. The summed E-state index contributed by atoms with van der Waals surface area (Å²) < 4.78 is 3.09. The van der Waals surface area contributed by atoms with Gasteiger partial charge in [-0.1, -0.05) is 39.7 Å². The standard InChI is InChI=1S/C19H15BrClNO2/c20-14-3-7-16(8-4-14)22-17(10-12-19(23)24)9-11-18(22)13-1-5-15(21)6-2-13/h1-9,11H,10,12H2,(H,23,24). The Labute approximate surface area is 153 Å². The quantitative estimate of drug-likeness (QED) is 0.603. The number of carboxylic acids is 1. The highest BCUT2D eigenvalue weighted by molar-refractivity contribution is 9.10. The van der Waals surface area contributed by atoms with Crippen molar-refractivity contribution in [3.05, 3.63) is 75.9 Å². The molecule has 0 radical (unpaired) electrons. The van der Waals surface area contributed by atoms with E-state index in [0.717, 1.165) is 27.1 Å². The number of aryl methyl sites for hydroxylation is 1. The second-order valence-corrected chi connectivity index (χ2v) is 6.77. The van der Waals surface area contributed by atoms with E-state index in [1.165, 1.54) is 0 Å². The van der Waals surface area contributed by atoms with Crippen LogP contribution in [0, 0.1) is 0 Å². The first-order valence-electron chi connectivity index (χ1n) is 7.49. The zero-order chi connectivity index (χ0) is 17.1. The fourth-order valence-electron chi connectivity index (χ4n) is 2.65. The van der Waals surface area contributed by atoms with Gasteiger partial charge in [-0.2, -0.15) is 0 Å².